The number of pyridine rings is 2. The fourth-order valence-electron chi connectivity index (χ4n) is 3.25. The van der Waals surface area contributed by atoms with E-state index < -0.39 is 19.1 Å². The van der Waals surface area contributed by atoms with E-state index in [0.717, 1.165) is 16.7 Å². The van der Waals surface area contributed by atoms with Crippen molar-refractivity contribution in [2.75, 3.05) is 31.6 Å². The molecule has 0 saturated heterocycles. The molecule has 0 amide bonds. The largest absolute Gasteiger partial charge is 0.471 e. The Labute approximate surface area is 182 Å². The molecule has 2 aromatic heterocycles. The van der Waals surface area contributed by atoms with Crippen LogP contribution < -0.4 is 10.1 Å². The summed E-state index contributed by atoms with van der Waals surface area (Å²) in [6, 6.07) is 7.32. The minimum Gasteiger partial charge on any atom is -0.471 e. The van der Waals surface area contributed by atoms with Gasteiger partial charge in [0.05, 0.1) is 11.6 Å². The third-order valence-electron chi connectivity index (χ3n) is 4.74. The van der Waals surface area contributed by atoms with Crippen LogP contribution in [0.4, 0.5) is 14.6 Å². The Morgan fingerprint density at radius 2 is 2.13 bits per heavy atom. The molecule has 2 N–H and O–H groups in total. The number of ether oxygens (including phenoxy) is 1. The van der Waals surface area contributed by atoms with Crippen LogP contribution in [0.1, 0.15) is 22.3 Å². The molecule has 3 heterocycles. The van der Waals surface area contributed by atoms with Gasteiger partial charge in [0.2, 0.25) is 5.88 Å². The third kappa shape index (κ3) is 5.56. The molecule has 0 unspecified atom stereocenters. The zero-order valence-corrected chi connectivity index (χ0v) is 17.2. The molecule has 1 aliphatic rings. The van der Waals surface area contributed by atoms with Crippen molar-refractivity contribution in [1.29, 1.82) is 10.5 Å². The number of anilines is 1. The van der Waals surface area contributed by atoms with Gasteiger partial charge in [-0.3, -0.25) is 4.90 Å². The van der Waals surface area contributed by atoms with E-state index in [4.69, 9.17) is 26.7 Å². The molecule has 31 heavy (non-hydrogen) atoms. The monoisotopic (exact) mass is 448 g/mol. The summed E-state index contributed by atoms with van der Waals surface area (Å²) in [6.07, 6.45) is 2.15. The van der Waals surface area contributed by atoms with Gasteiger partial charge in [0.25, 0.3) is 0 Å². The lowest BCUT2D eigenvalue weighted by molar-refractivity contribution is -0.0809. The number of aromatic nitrogens is 2. The first-order valence-electron chi connectivity index (χ1n) is 9.38. The summed E-state index contributed by atoms with van der Waals surface area (Å²) in [6.45, 7) is -0.501. The summed E-state index contributed by atoms with van der Waals surface area (Å²) >= 11 is 6.17. The first-order chi connectivity index (χ1) is 14.9. The molecule has 2 aromatic rings. The van der Waals surface area contributed by atoms with Crippen LogP contribution in [0.3, 0.4) is 0 Å². The van der Waals surface area contributed by atoms with Gasteiger partial charge in [0.15, 0.2) is 6.61 Å². The second kappa shape index (κ2) is 9.84. The van der Waals surface area contributed by atoms with Crippen LogP contribution in [0, 0.1) is 22.7 Å². The van der Waals surface area contributed by atoms with Gasteiger partial charge in [0.1, 0.15) is 30.2 Å². The topological polar surface area (TPSA) is 118 Å². The van der Waals surface area contributed by atoms with Crippen molar-refractivity contribution in [3.63, 3.8) is 0 Å². The lowest BCUT2D eigenvalue weighted by Crippen LogP contribution is -2.32. The minimum absolute atomic E-state index is 0.0405. The molecule has 11 heteroatoms. The van der Waals surface area contributed by atoms with Crippen molar-refractivity contribution in [2.24, 2.45) is 0 Å². The van der Waals surface area contributed by atoms with E-state index >= 15 is 0 Å². The number of halogens is 3. The third-order valence-corrected chi connectivity index (χ3v) is 5.01. The zero-order chi connectivity index (χ0) is 22.4. The summed E-state index contributed by atoms with van der Waals surface area (Å²) in [5, 5.41) is 29.9. The van der Waals surface area contributed by atoms with Gasteiger partial charge < -0.3 is 15.2 Å². The standard InChI is InChI=1S/C20H19ClF2N6O2/c21-18-15(7-25)16-10-29(6-3-14(16)19(28-18)26-5-4-24)9-13-1-2-17(27-8-13)31-12-20(22,23)11-30/h1-2,8,30H,3,5-6,9-12H2,(H,26,28). The SMILES string of the molecule is N#CCNc1nc(Cl)c(C#N)c2c1CCN(Cc1ccc(OCC(F)(F)CO)nc1)C2. The molecule has 0 spiro atoms. The van der Waals surface area contributed by atoms with Crippen LogP contribution >= 0.6 is 11.6 Å². The maximum absolute atomic E-state index is 13.1. The van der Waals surface area contributed by atoms with Crippen LogP contribution in [0.15, 0.2) is 18.3 Å². The molecule has 0 fully saturated rings. The number of nitriles is 2. The highest BCUT2D eigenvalue weighted by Gasteiger charge is 2.29. The van der Waals surface area contributed by atoms with Crippen LogP contribution in [-0.4, -0.2) is 52.2 Å². The molecule has 0 aliphatic carbocycles. The number of hydrogen-bond donors (Lipinski definition) is 2. The summed E-state index contributed by atoms with van der Waals surface area (Å²) < 4.78 is 31.1. The molecular weight excluding hydrogens is 430 g/mol. The van der Waals surface area contributed by atoms with E-state index in [1.165, 1.54) is 12.3 Å². The second-order valence-corrected chi connectivity index (χ2v) is 7.33. The lowest BCUT2D eigenvalue weighted by atomic mass is 9.96. The number of rotatable bonds is 8. The first kappa shape index (κ1) is 22.6. The van der Waals surface area contributed by atoms with E-state index in [2.05, 4.69) is 26.3 Å². The molecule has 0 atom stereocenters. The van der Waals surface area contributed by atoms with E-state index in [-0.39, 0.29) is 17.6 Å². The molecule has 0 saturated carbocycles. The number of nitrogens with one attached hydrogen (secondary N) is 1. The molecule has 162 valence electrons. The van der Waals surface area contributed by atoms with Crippen molar-refractivity contribution in [3.8, 4) is 18.0 Å². The maximum atomic E-state index is 13.1. The Morgan fingerprint density at radius 1 is 1.32 bits per heavy atom. The Balaban J connectivity index is 1.71. The Bertz CT molecular complexity index is 1020. The van der Waals surface area contributed by atoms with Crippen LogP contribution in [0.5, 0.6) is 5.88 Å². The summed E-state index contributed by atoms with van der Waals surface area (Å²) in [5.74, 6) is -2.77. The summed E-state index contributed by atoms with van der Waals surface area (Å²) in [5.41, 5.74) is 2.80. The minimum atomic E-state index is -3.32. The maximum Gasteiger partial charge on any atom is 0.303 e. The molecule has 3 rings (SSSR count). The highest BCUT2D eigenvalue weighted by atomic mass is 35.5. The Hall–Kier alpha value is -3.05. The predicted octanol–water partition coefficient (Wildman–Crippen LogP) is 2.50. The fraction of sp³-hybridized carbons (Fsp3) is 0.400. The first-order valence-corrected chi connectivity index (χ1v) is 9.75. The number of nitrogens with zero attached hydrogens (tertiary/aromatic N) is 5. The van der Waals surface area contributed by atoms with Crippen molar-refractivity contribution >= 4 is 17.4 Å². The van der Waals surface area contributed by atoms with Gasteiger partial charge in [-0.25, -0.2) is 18.7 Å². The van der Waals surface area contributed by atoms with Gasteiger partial charge in [-0.1, -0.05) is 17.7 Å². The lowest BCUT2D eigenvalue weighted by Gasteiger charge is -2.30. The van der Waals surface area contributed by atoms with Crippen molar-refractivity contribution in [3.05, 3.63) is 45.7 Å². The highest BCUT2D eigenvalue weighted by Crippen LogP contribution is 2.32. The molecule has 0 aromatic carbocycles. The Kier molecular flexibility index (Phi) is 7.18. The number of aliphatic hydroxyl groups excluding tert-OH is 1. The normalized spacial score (nSPS) is 13.7. The quantitative estimate of drug-likeness (QED) is 0.467. The van der Waals surface area contributed by atoms with Crippen molar-refractivity contribution in [2.45, 2.75) is 25.4 Å². The number of fused-ring (bicyclic) bond motifs is 1. The smallest absolute Gasteiger partial charge is 0.303 e. The van der Waals surface area contributed by atoms with E-state index in [0.29, 0.717) is 37.4 Å². The van der Waals surface area contributed by atoms with E-state index in [9.17, 15) is 14.0 Å². The van der Waals surface area contributed by atoms with Gasteiger partial charge in [-0.15, -0.1) is 0 Å². The molecule has 1 aliphatic heterocycles. The number of alkyl halides is 2. The van der Waals surface area contributed by atoms with Crippen LogP contribution in [0.25, 0.3) is 0 Å². The van der Waals surface area contributed by atoms with Gasteiger partial charge in [-0.2, -0.15) is 10.5 Å². The average Bonchev–Trinajstić information content (AvgIpc) is 2.77. The number of aliphatic hydroxyl groups is 1. The molecule has 8 nitrogen and oxygen atoms in total. The fourth-order valence-corrected chi connectivity index (χ4v) is 3.49. The summed E-state index contributed by atoms with van der Waals surface area (Å²) in [7, 11) is 0. The second-order valence-electron chi connectivity index (χ2n) is 6.97. The predicted molar refractivity (Wildman–Crippen MR) is 108 cm³/mol. The van der Waals surface area contributed by atoms with Gasteiger partial charge in [-0.05, 0) is 17.5 Å². The highest BCUT2D eigenvalue weighted by molar-refractivity contribution is 6.30. The van der Waals surface area contributed by atoms with Crippen molar-refractivity contribution < 1.29 is 18.6 Å². The molecular formula is C20H19ClF2N6O2. The summed E-state index contributed by atoms with van der Waals surface area (Å²) in [4.78, 5) is 10.4. The molecule has 0 radical (unpaired) electrons. The Morgan fingerprint density at radius 3 is 2.77 bits per heavy atom. The van der Waals surface area contributed by atoms with Gasteiger partial charge >= 0.3 is 5.92 Å². The number of hydrogen-bond acceptors (Lipinski definition) is 8. The van der Waals surface area contributed by atoms with Crippen LogP contribution in [-0.2, 0) is 19.5 Å². The van der Waals surface area contributed by atoms with E-state index in [1.54, 1.807) is 6.07 Å². The van der Waals surface area contributed by atoms with Crippen LogP contribution in [0.2, 0.25) is 5.15 Å². The van der Waals surface area contributed by atoms with E-state index in [1.807, 2.05) is 6.07 Å². The van der Waals surface area contributed by atoms with Gasteiger partial charge in [0, 0.05) is 37.5 Å². The average molecular weight is 449 g/mol. The zero-order valence-electron chi connectivity index (χ0n) is 16.4. The molecule has 0 bridgehead atoms. The van der Waals surface area contributed by atoms with Crippen molar-refractivity contribution in [1.82, 2.24) is 14.9 Å².